The normalized spacial score (nSPS) is 12.3. The summed E-state index contributed by atoms with van der Waals surface area (Å²) >= 11 is 3.46. The summed E-state index contributed by atoms with van der Waals surface area (Å²) in [6.45, 7) is 6.83. The van der Waals surface area contributed by atoms with E-state index in [9.17, 15) is 4.79 Å². The summed E-state index contributed by atoms with van der Waals surface area (Å²) in [5.74, 6) is 0.584. The van der Waals surface area contributed by atoms with Gasteiger partial charge in [-0.3, -0.25) is 4.79 Å². The van der Waals surface area contributed by atoms with Crippen molar-refractivity contribution < 1.29 is 4.79 Å². The van der Waals surface area contributed by atoms with Crippen LogP contribution in [0.1, 0.15) is 37.3 Å². The smallest absolute Gasteiger partial charge is 0.224 e. The predicted octanol–water partition coefficient (Wildman–Crippen LogP) is 3.77. The first-order valence-electron chi connectivity index (χ1n) is 6.70. The first-order chi connectivity index (χ1) is 8.93. The molecule has 0 saturated heterocycles. The third-order valence-electron chi connectivity index (χ3n) is 3.29. The Morgan fingerprint density at radius 2 is 1.89 bits per heavy atom. The average molecular weight is 327 g/mol. The Kier molecular flexibility index (Phi) is 6.52. The lowest BCUT2D eigenvalue weighted by atomic mass is 10.0. The molecule has 1 unspecified atom stereocenters. The quantitative estimate of drug-likeness (QED) is 0.836. The van der Waals surface area contributed by atoms with Gasteiger partial charge in [0.15, 0.2) is 0 Å². The molecule has 4 heteroatoms. The number of nitrogens with two attached hydrogens (primary N) is 1. The lowest BCUT2D eigenvalue weighted by Gasteiger charge is -2.14. The van der Waals surface area contributed by atoms with Crippen LogP contribution in [0.4, 0.5) is 5.69 Å². The van der Waals surface area contributed by atoms with Crippen LogP contribution < -0.4 is 11.1 Å². The summed E-state index contributed by atoms with van der Waals surface area (Å²) in [6.07, 6.45) is 2.41. The minimum atomic E-state index is 0.0809. The number of carbonyl (C=O) groups is 1. The minimum absolute atomic E-state index is 0.0809. The van der Waals surface area contributed by atoms with Gasteiger partial charge in [0.25, 0.3) is 0 Å². The van der Waals surface area contributed by atoms with E-state index in [2.05, 4.69) is 28.2 Å². The number of aryl methyl sites for hydroxylation is 2. The van der Waals surface area contributed by atoms with E-state index >= 15 is 0 Å². The maximum atomic E-state index is 12.0. The Hall–Kier alpha value is -0.870. The number of benzene rings is 1. The van der Waals surface area contributed by atoms with Crippen LogP contribution in [0.25, 0.3) is 0 Å². The van der Waals surface area contributed by atoms with E-state index in [1.165, 1.54) is 0 Å². The number of nitrogens with one attached hydrogen (secondary N) is 1. The number of amides is 1. The monoisotopic (exact) mass is 326 g/mol. The molecule has 1 aromatic carbocycles. The number of rotatable bonds is 6. The Bertz CT molecular complexity index is 423. The molecule has 1 rings (SSSR count). The first-order valence-corrected chi connectivity index (χ1v) is 7.50. The van der Waals surface area contributed by atoms with Gasteiger partial charge in [0.05, 0.1) is 0 Å². The van der Waals surface area contributed by atoms with Crippen molar-refractivity contribution in [3.63, 3.8) is 0 Å². The van der Waals surface area contributed by atoms with Gasteiger partial charge in [0.1, 0.15) is 0 Å². The summed E-state index contributed by atoms with van der Waals surface area (Å²) in [4.78, 5) is 12.0. The Morgan fingerprint density at radius 1 is 1.32 bits per heavy atom. The Balaban J connectivity index is 2.58. The fraction of sp³-hybridized carbons (Fsp3) is 0.533. The van der Waals surface area contributed by atoms with Crippen LogP contribution in [-0.4, -0.2) is 12.5 Å². The lowest BCUT2D eigenvalue weighted by Crippen LogP contribution is -2.15. The molecule has 1 aromatic rings. The average Bonchev–Trinajstić information content (AvgIpc) is 2.31. The molecule has 3 nitrogen and oxygen atoms in total. The van der Waals surface area contributed by atoms with Crippen LogP contribution in [0, 0.1) is 19.8 Å². The zero-order valence-corrected chi connectivity index (χ0v) is 13.5. The third-order valence-corrected chi connectivity index (χ3v) is 3.74. The molecule has 0 saturated carbocycles. The second kappa shape index (κ2) is 7.65. The summed E-state index contributed by atoms with van der Waals surface area (Å²) in [5, 5.41) is 3.01. The maximum absolute atomic E-state index is 12.0. The van der Waals surface area contributed by atoms with Gasteiger partial charge in [-0.2, -0.15) is 0 Å². The van der Waals surface area contributed by atoms with Gasteiger partial charge in [-0.25, -0.2) is 0 Å². The fourth-order valence-electron chi connectivity index (χ4n) is 2.12. The van der Waals surface area contributed by atoms with Crippen LogP contribution in [0.5, 0.6) is 0 Å². The Labute approximate surface area is 124 Å². The van der Waals surface area contributed by atoms with E-state index < -0.39 is 0 Å². The van der Waals surface area contributed by atoms with Gasteiger partial charge in [-0.15, -0.1) is 0 Å². The van der Waals surface area contributed by atoms with E-state index in [1.807, 2.05) is 26.0 Å². The number of hydrogen-bond acceptors (Lipinski definition) is 2. The second-order valence-electron chi connectivity index (χ2n) is 5.18. The van der Waals surface area contributed by atoms with Crippen molar-refractivity contribution >= 4 is 27.5 Å². The summed E-state index contributed by atoms with van der Waals surface area (Å²) < 4.78 is 1.04. The zero-order valence-electron chi connectivity index (χ0n) is 11.9. The van der Waals surface area contributed by atoms with Gasteiger partial charge >= 0.3 is 0 Å². The molecule has 106 valence electrons. The number of carbonyl (C=O) groups excluding carboxylic acids is 1. The van der Waals surface area contributed by atoms with Crippen molar-refractivity contribution in [1.82, 2.24) is 0 Å². The molecule has 1 atom stereocenters. The molecule has 0 bridgehead atoms. The van der Waals surface area contributed by atoms with Crippen molar-refractivity contribution in [2.24, 2.45) is 11.7 Å². The predicted molar refractivity (Wildman–Crippen MR) is 84.3 cm³/mol. The van der Waals surface area contributed by atoms with Gasteiger partial charge in [-0.1, -0.05) is 22.9 Å². The van der Waals surface area contributed by atoms with Gasteiger partial charge in [0, 0.05) is 16.6 Å². The Morgan fingerprint density at radius 3 is 2.42 bits per heavy atom. The summed E-state index contributed by atoms with van der Waals surface area (Å²) in [6, 6.07) is 4.03. The number of hydrogen-bond donors (Lipinski definition) is 2. The molecular weight excluding hydrogens is 304 g/mol. The van der Waals surface area contributed by atoms with Gasteiger partial charge < -0.3 is 11.1 Å². The zero-order chi connectivity index (χ0) is 14.4. The van der Waals surface area contributed by atoms with E-state index in [-0.39, 0.29) is 5.91 Å². The van der Waals surface area contributed by atoms with E-state index in [1.54, 1.807) is 0 Å². The maximum Gasteiger partial charge on any atom is 0.224 e. The molecule has 0 aliphatic carbocycles. The van der Waals surface area contributed by atoms with E-state index in [0.717, 1.165) is 34.1 Å². The molecule has 0 heterocycles. The number of anilines is 1. The van der Waals surface area contributed by atoms with Gasteiger partial charge in [-0.05, 0) is 62.4 Å². The van der Waals surface area contributed by atoms with Crippen molar-refractivity contribution in [1.29, 1.82) is 0 Å². The SMILES string of the molecule is Cc1cc(Br)cc(C)c1NC(=O)CCC(C)CCN. The highest BCUT2D eigenvalue weighted by Crippen LogP contribution is 2.25. The summed E-state index contributed by atoms with van der Waals surface area (Å²) in [5.41, 5.74) is 8.60. The van der Waals surface area contributed by atoms with Gasteiger partial charge in [0.2, 0.25) is 5.91 Å². The number of halogens is 1. The first kappa shape index (κ1) is 16.2. The third kappa shape index (κ3) is 5.33. The standard InChI is InChI=1S/C15H23BrN2O/c1-10(6-7-17)4-5-14(19)18-15-11(2)8-13(16)9-12(15)3/h8-10H,4-7,17H2,1-3H3,(H,18,19). The molecule has 0 aliphatic rings. The lowest BCUT2D eigenvalue weighted by molar-refractivity contribution is -0.116. The van der Waals surface area contributed by atoms with Crippen molar-refractivity contribution in [2.45, 2.75) is 40.0 Å². The molecule has 0 aliphatic heterocycles. The molecule has 0 radical (unpaired) electrons. The molecule has 0 spiro atoms. The van der Waals surface area contributed by atoms with Crippen LogP contribution in [0.15, 0.2) is 16.6 Å². The van der Waals surface area contributed by atoms with Crippen LogP contribution in [0.2, 0.25) is 0 Å². The van der Waals surface area contributed by atoms with Crippen molar-refractivity contribution in [2.75, 3.05) is 11.9 Å². The molecule has 19 heavy (non-hydrogen) atoms. The minimum Gasteiger partial charge on any atom is -0.330 e. The molecule has 1 amide bonds. The second-order valence-corrected chi connectivity index (χ2v) is 6.10. The molecular formula is C15H23BrN2O. The highest BCUT2D eigenvalue weighted by molar-refractivity contribution is 9.10. The molecule has 0 fully saturated rings. The molecule has 3 N–H and O–H groups in total. The van der Waals surface area contributed by atoms with Crippen LogP contribution >= 0.6 is 15.9 Å². The highest BCUT2D eigenvalue weighted by Gasteiger charge is 2.10. The van der Waals surface area contributed by atoms with E-state index in [0.29, 0.717) is 18.9 Å². The fourth-order valence-corrected chi connectivity index (χ4v) is 2.80. The largest absolute Gasteiger partial charge is 0.330 e. The van der Waals surface area contributed by atoms with Crippen LogP contribution in [0.3, 0.4) is 0 Å². The van der Waals surface area contributed by atoms with Crippen molar-refractivity contribution in [3.05, 3.63) is 27.7 Å². The topological polar surface area (TPSA) is 55.1 Å². The summed E-state index contributed by atoms with van der Waals surface area (Å²) in [7, 11) is 0. The highest BCUT2D eigenvalue weighted by atomic mass is 79.9. The van der Waals surface area contributed by atoms with E-state index in [4.69, 9.17) is 5.73 Å². The van der Waals surface area contributed by atoms with Crippen molar-refractivity contribution in [3.8, 4) is 0 Å². The van der Waals surface area contributed by atoms with Crippen LogP contribution in [-0.2, 0) is 4.79 Å². The molecule has 0 aromatic heterocycles.